The van der Waals surface area contributed by atoms with Crippen LogP contribution in [-0.4, -0.2) is 4.57 Å². The fourth-order valence-corrected chi connectivity index (χ4v) is 1.34. The molecule has 57 valence electrons. The first kappa shape index (κ1) is 6.65. The van der Waals surface area contributed by atoms with Gasteiger partial charge in [-0.2, -0.15) is 0 Å². The van der Waals surface area contributed by atoms with Gasteiger partial charge in [0, 0.05) is 18.3 Å². The maximum absolute atomic E-state index is 11.2. The Morgan fingerprint density at radius 2 is 2.36 bits per heavy atom. The number of aromatic nitrogens is 1. The van der Waals surface area contributed by atoms with E-state index in [2.05, 4.69) is 6.07 Å². The number of pyridine rings is 1. The number of rotatable bonds is 1. The summed E-state index contributed by atoms with van der Waals surface area (Å²) >= 11 is 0. The summed E-state index contributed by atoms with van der Waals surface area (Å²) < 4.78 is 1.78. The van der Waals surface area contributed by atoms with Gasteiger partial charge in [0.05, 0.1) is 0 Å². The van der Waals surface area contributed by atoms with E-state index in [0.717, 1.165) is 12.8 Å². The van der Waals surface area contributed by atoms with E-state index in [4.69, 9.17) is 0 Å². The van der Waals surface area contributed by atoms with Gasteiger partial charge in [-0.1, -0.05) is 0 Å². The highest BCUT2D eigenvalue weighted by Crippen LogP contribution is 2.29. The van der Waals surface area contributed by atoms with Crippen molar-refractivity contribution >= 4 is 0 Å². The Kier molecular flexibility index (Phi) is 1.53. The Morgan fingerprint density at radius 3 is 2.91 bits per heavy atom. The van der Waals surface area contributed by atoms with Crippen LogP contribution in [0.2, 0.25) is 0 Å². The number of hydrogen-bond donors (Lipinski definition) is 0. The number of nitrogens with zero attached hydrogens (tertiary/aromatic N) is 1. The first-order valence-corrected chi connectivity index (χ1v) is 3.96. The van der Waals surface area contributed by atoms with E-state index >= 15 is 0 Å². The van der Waals surface area contributed by atoms with Crippen LogP contribution in [0, 0.1) is 6.07 Å². The Hall–Kier alpha value is -1.05. The smallest absolute Gasteiger partial charge is 0.250 e. The first-order chi connectivity index (χ1) is 5.38. The molecule has 2 rings (SSSR count). The summed E-state index contributed by atoms with van der Waals surface area (Å²) in [6, 6.07) is 6.60. The number of hydrogen-bond acceptors (Lipinski definition) is 1. The van der Waals surface area contributed by atoms with Gasteiger partial charge in [0.2, 0.25) is 0 Å². The molecule has 0 bridgehead atoms. The van der Waals surface area contributed by atoms with E-state index in [1.807, 2.05) is 0 Å². The molecule has 2 nitrogen and oxygen atoms in total. The van der Waals surface area contributed by atoms with Gasteiger partial charge < -0.3 is 4.57 Å². The fourth-order valence-electron chi connectivity index (χ4n) is 1.34. The monoisotopic (exact) mass is 148 g/mol. The van der Waals surface area contributed by atoms with Crippen molar-refractivity contribution in [2.45, 2.75) is 25.3 Å². The van der Waals surface area contributed by atoms with Gasteiger partial charge in [0.1, 0.15) is 0 Å². The molecule has 1 heterocycles. The van der Waals surface area contributed by atoms with E-state index in [-0.39, 0.29) is 5.56 Å². The lowest BCUT2D eigenvalue weighted by Crippen LogP contribution is -2.27. The fraction of sp³-hybridized carbons (Fsp3) is 0.444. The van der Waals surface area contributed by atoms with Crippen LogP contribution in [0.25, 0.3) is 0 Å². The topological polar surface area (TPSA) is 22.0 Å². The summed E-state index contributed by atoms with van der Waals surface area (Å²) in [5, 5.41) is 0. The molecule has 1 aromatic rings. The molecule has 1 aromatic heterocycles. The second-order valence-electron chi connectivity index (χ2n) is 2.96. The summed E-state index contributed by atoms with van der Waals surface area (Å²) in [6.07, 6.45) is 5.31. The predicted octanol–water partition coefficient (Wildman–Crippen LogP) is 1.37. The van der Waals surface area contributed by atoms with Crippen molar-refractivity contribution in [1.82, 2.24) is 4.57 Å². The minimum Gasteiger partial charge on any atom is -0.312 e. The van der Waals surface area contributed by atoms with Crippen molar-refractivity contribution in [3.05, 3.63) is 34.7 Å². The van der Waals surface area contributed by atoms with Gasteiger partial charge in [-0.3, -0.25) is 4.79 Å². The minimum absolute atomic E-state index is 0.105. The summed E-state index contributed by atoms with van der Waals surface area (Å²) in [5.74, 6) is 0. The van der Waals surface area contributed by atoms with Gasteiger partial charge in [0.25, 0.3) is 5.56 Å². The van der Waals surface area contributed by atoms with Gasteiger partial charge in [-0.05, 0) is 31.4 Å². The van der Waals surface area contributed by atoms with Crippen LogP contribution in [0.15, 0.2) is 23.1 Å². The zero-order valence-electron chi connectivity index (χ0n) is 6.29. The molecule has 1 aliphatic carbocycles. The van der Waals surface area contributed by atoms with Crippen LogP contribution in [0.3, 0.4) is 0 Å². The third-order valence-corrected chi connectivity index (χ3v) is 2.26. The molecule has 1 radical (unpaired) electrons. The van der Waals surface area contributed by atoms with E-state index in [0.29, 0.717) is 6.04 Å². The Morgan fingerprint density at radius 1 is 1.55 bits per heavy atom. The van der Waals surface area contributed by atoms with Crippen LogP contribution in [0.5, 0.6) is 0 Å². The van der Waals surface area contributed by atoms with E-state index in [9.17, 15) is 4.79 Å². The predicted molar refractivity (Wildman–Crippen MR) is 42.4 cm³/mol. The van der Waals surface area contributed by atoms with Crippen molar-refractivity contribution in [1.29, 1.82) is 0 Å². The second kappa shape index (κ2) is 2.53. The molecule has 1 fully saturated rings. The summed E-state index contributed by atoms with van der Waals surface area (Å²) in [4.78, 5) is 11.2. The Bertz CT molecular complexity index is 298. The molecule has 0 aliphatic heterocycles. The molecule has 11 heavy (non-hydrogen) atoms. The molecular weight excluding hydrogens is 138 g/mol. The summed E-state index contributed by atoms with van der Waals surface area (Å²) in [6.45, 7) is 0. The van der Waals surface area contributed by atoms with Crippen molar-refractivity contribution in [3.63, 3.8) is 0 Å². The van der Waals surface area contributed by atoms with Crippen molar-refractivity contribution < 1.29 is 0 Å². The lowest BCUT2D eigenvalue weighted by molar-refractivity contribution is 0.306. The Balaban J connectivity index is 2.36. The molecule has 1 aliphatic rings. The van der Waals surface area contributed by atoms with Gasteiger partial charge in [-0.25, -0.2) is 0 Å². The highest BCUT2D eigenvalue weighted by atomic mass is 16.1. The lowest BCUT2D eigenvalue weighted by atomic mass is 9.93. The molecule has 0 aromatic carbocycles. The summed E-state index contributed by atoms with van der Waals surface area (Å²) in [5.41, 5.74) is 0.105. The zero-order valence-corrected chi connectivity index (χ0v) is 6.29. The molecular formula is C9H10NO. The van der Waals surface area contributed by atoms with E-state index < -0.39 is 0 Å². The average Bonchev–Trinajstić information content (AvgIpc) is 1.90. The highest BCUT2D eigenvalue weighted by molar-refractivity contribution is 4.95. The van der Waals surface area contributed by atoms with E-state index in [1.165, 1.54) is 6.42 Å². The molecule has 0 atom stereocenters. The second-order valence-corrected chi connectivity index (χ2v) is 2.96. The minimum atomic E-state index is 0.105. The SMILES string of the molecule is O=c1cc[c]cn1C1CCC1. The molecule has 0 saturated heterocycles. The van der Waals surface area contributed by atoms with Crippen LogP contribution in [0.1, 0.15) is 25.3 Å². The quantitative estimate of drug-likeness (QED) is 0.589. The zero-order chi connectivity index (χ0) is 7.68. The lowest BCUT2D eigenvalue weighted by Gasteiger charge is -2.27. The highest BCUT2D eigenvalue weighted by Gasteiger charge is 2.19. The molecule has 0 spiro atoms. The van der Waals surface area contributed by atoms with Crippen molar-refractivity contribution in [2.24, 2.45) is 0 Å². The van der Waals surface area contributed by atoms with E-state index in [1.54, 1.807) is 22.9 Å². The van der Waals surface area contributed by atoms with Gasteiger partial charge in [-0.15, -0.1) is 0 Å². The average molecular weight is 148 g/mol. The maximum Gasteiger partial charge on any atom is 0.250 e. The molecule has 0 unspecified atom stereocenters. The third-order valence-electron chi connectivity index (χ3n) is 2.26. The molecule has 1 saturated carbocycles. The molecule has 0 N–H and O–H groups in total. The van der Waals surface area contributed by atoms with Crippen molar-refractivity contribution in [2.75, 3.05) is 0 Å². The van der Waals surface area contributed by atoms with Crippen LogP contribution in [0.4, 0.5) is 0 Å². The Labute approximate surface area is 65.5 Å². The largest absolute Gasteiger partial charge is 0.312 e. The van der Waals surface area contributed by atoms with Crippen LogP contribution >= 0.6 is 0 Å². The van der Waals surface area contributed by atoms with Gasteiger partial charge in [0.15, 0.2) is 0 Å². The molecule has 2 heteroatoms. The first-order valence-electron chi connectivity index (χ1n) is 3.96. The van der Waals surface area contributed by atoms with Crippen molar-refractivity contribution in [3.8, 4) is 0 Å². The van der Waals surface area contributed by atoms with Crippen LogP contribution in [-0.2, 0) is 0 Å². The summed E-state index contributed by atoms with van der Waals surface area (Å²) in [7, 11) is 0. The third kappa shape index (κ3) is 1.09. The van der Waals surface area contributed by atoms with Gasteiger partial charge >= 0.3 is 0 Å². The molecule has 0 amide bonds. The maximum atomic E-state index is 11.2. The normalized spacial score (nSPS) is 17.8. The standard InChI is InChI=1S/C9H10NO/c11-9-6-1-2-7-10(9)8-4-3-5-8/h1,6-8H,3-5H2. The van der Waals surface area contributed by atoms with Crippen LogP contribution < -0.4 is 5.56 Å².